The topological polar surface area (TPSA) is 55.4 Å². The summed E-state index contributed by atoms with van der Waals surface area (Å²) >= 11 is 3.37. The van der Waals surface area contributed by atoms with Gasteiger partial charge >= 0.3 is 5.97 Å². The lowest BCUT2D eigenvalue weighted by Gasteiger charge is -2.20. The molecule has 21 heavy (non-hydrogen) atoms. The number of esters is 1. The van der Waals surface area contributed by atoms with Gasteiger partial charge in [0.05, 0.1) is 19.6 Å². The van der Waals surface area contributed by atoms with E-state index < -0.39 is 0 Å². The zero-order valence-electron chi connectivity index (χ0n) is 12.7. The van der Waals surface area contributed by atoms with Crippen LogP contribution in [0, 0.1) is 5.92 Å². The number of halogens is 1. The number of carbonyl (C=O) groups excluding carboxylic acids is 2. The van der Waals surface area contributed by atoms with Gasteiger partial charge in [-0.2, -0.15) is 0 Å². The molecule has 1 amide bonds. The number of benzene rings is 1. The summed E-state index contributed by atoms with van der Waals surface area (Å²) in [6.07, 6.45) is 1.91. The van der Waals surface area contributed by atoms with Crippen LogP contribution in [0.2, 0.25) is 0 Å². The number of ether oxygens (including phenoxy) is 1. The zero-order valence-corrected chi connectivity index (χ0v) is 14.3. The van der Waals surface area contributed by atoms with Gasteiger partial charge in [-0.1, -0.05) is 48.3 Å². The second-order valence-corrected chi connectivity index (χ2v) is 6.00. The van der Waals surface area contributed by atoms with E-state index in [0.717, 1.165) is 22.9 Å². The van der Waals surface area contributed by atoms with Gasteiger partial charge in [-0.3, -0.25) is 9.59 Å². The SMILES string of the molecule is CCCC(C)C(=O)NC(CC(=O)OC)c1ccc(Br)cc1. The van der Waals surface area contributed by atoms with Crippen molar-refractivity contribution in [3.63, 3.8) is 0 Å². The molecular formula is C16H22BrNO3. The van der Waals surface area contributed by atoms with Gasteiger partial charge in [0.1, 0.15) is 0 Å². The van der Waals surface area contributed by atoms with Crippen LogP contribution in [0.15, 0.2) is 28.7 Å². The van der Waals surface area contributed by atoms with E-state index in [9.17, 15) is 9.59 Å². The lowest BCUT2D eigenvalue weighted by atomic mass is 10.0. The third kappa shape index (κ3) is 5.87. The molecule has 116 valence electrons. The molecule has 0 fully saturated rings. The van der Waals surface area contributed by atoms with Crippen LogP contribution < -0.4 is 5.32 Å². The van der Waals surface area contributed by atoms with E-state index >= 15 is 0 Å². The standard InChI is InChI=1S/C16H22BrNO3/c1-4-5-11(2)16(20)18-14(10-15(19)21-3)12-6-8-13(17)9-7-12/h6-9,11,14H,4-5,10H2,1-3H3,(H,18,20). The van der Waals surface area contributed by atoms with Gasteiger partial charge in [0.2, 0.25) is 5.91 Å². The summed E-state index contributed by atoms with van der Waals surface area (Å²) in [5.74, 6) is -0.439. The lowest BCUT2D eigenvalue weighted by Crippen LogP contribution is -2.34. The summed E-state index contributed by atoms with van der Waals surface area (Å²) in [6.45, 7) is 3.94. The molecule has 0 aliphatic heterocycles. The molecule has 0 heterocycles. The van der Waals surface area contributed by atoms with Crippen molar-refractivity contribution >= 4 is 27.8 Å². The third-order valence-corrected chi connectivity index (χ3v) is 3.89. The summed E-state index contributed by atoms with van der Waals surface area (Å²) in [6, 6.07) is 7.20. The molecule has 0 radical (unpaired) electrons. The predicted octanol–water partition coefficient (Wildman–Crippen LogP) is 3.61. The van der Waals surface area contributed by atoms with Crippen molar-refractivity contribution in [1.29, 1.82) is 0 Å². The van der Waals surface area contributed by atoms with Crippen molar-refractivity contribution in [2.24, 2.45) is 5.92 Å². The maximum Gasteiger partial charge on any atom is 0.307 e. The molecule has 0 spiro atoms. The first-order chi connectivity index (χ1) is 9.97. The number of amides is 1. The Morgan fingerprint density at radius 3 is 2.43 bits per heavy atom. The van der Waals surface area contributed by atoms with Crippen molar-refractivity contribution < 1.29 is 14.3 Å². The van der Waals surface area contributed by atoms with Crippen LogP contribution in [0.3, 0.4) is 0 Å². The van der Waals surface area contributed by atoms with Crippen molar-refractivity contribution in [3.05, 3.63) is 34.3 Å². The van der Waals surface area contributed by atoms with E-state index in [4.69, 9.17) is 4.74 Å². The summed E-state index contributed by atoms with van der Waals surface area (Å²) in [5.41, 5.74) is 0.889. The number of rotatable bonds is 7. The van der Waals surface area contributed by atoms with Crippen LogP contribution in [0.4, 0.5) is 0 Å². The summed E-state index contributed by atoms with van der Waals surface area (Å²) in [7, 11) is 1.35. The monoisotopic (exact) mass is 355 g/mol. The second kappa shape index (κ2) is 8.82. The smallest absolute Gasteiger partial charge is 0.307 e. The predicted molar refractivity (Wildman–Crippen MR) is 85.7 cm³/mol. The second-order valence-electron chi connectivity index (χ2n) is 5.08. The maximum atomic E-state index is 12.2. The molecule has 1 aromatic carbocycles. The number of hydrogen-bond donors (Lipinski definition) is 1. The summed E-state index contributed by atoms with van der Waals surface area (Å²) < 4.78 is 5.67. The minimum atomic E-state index is -0.364. The average molecular weight is 356 g/mol. The number of carbonyl (C=O) groups is 2. The first-order valence-corrected chi connectivity index (χ1v) is 7.89. The summed E-state index contributed by atoms with van der Waals surface area (Å²) in [4.78, 5) is 23.7. The molecule has 1 N–H and O–H groups in total. The highest BCUT2D eigenvalue weighted by Gasteiger charge is 2.21. The molecule has 0 bridgehead atoms. The Labute approximate surface area is 134 Å². The highest BCUT2D eigenvalue weighted by molar-refractivity contribution is 9.10. The van der Waals surface area contributed by atoms with Crippen molar-refractivity contribution in [2.75, 3.05) is 7.11 Å². The van der Waals surface area contributed by atoms with Crippen LogP contribution in [-0.4, -0.2) is 19.0 Å². The Morgan fingerprint density at radius 1 is 1.29 bits per heavy atom. The Kier molecular flexibility index (Phi) is 7.43. The van der Waals surface area contributed by atoms with Crippen LogP contribution in [0.5, 0.6) is 0 Å². The Balaban J connectivity index is 2.84. The third-order valence-electron chi connectivity index (χ3n) is 3.36. The van der Waals surface area contributed by atoms with Crippen LogP contribution in [0.25, 0.3) is 0 Å². The minimum Gasteiger partial charge on any atom is -0.469 e. The molecule has 0 aliphatic rings. The first kappa shape index (κ1) is 17.7. The van der Waals surface area contributed by atoms with E-state index in [2.05, 4.69) is 21.2 Å². The quantitative estimate of drug-likeness (QED) is 0.760. The van der Waals surface area contributed by atoms with Crippen molar-refractivity contribution in [3.8, 4) is 0 Å². The average Bonchev–Trinajstić information content (AvgIpc) is 2.47. The van der Waals surface area contributed by atoms with Gasteiger partial charge in [0.25, 0.3) is 0 Å². The van der Waals surface area contributed by atoms with Gasteiger partial charge < -0.3 is 10.1 Å². The minimum absolute atomic E-state index is 0.0336. The number of methoxy groups -OCH3 is 1. The zero-order chi connectivity index (χ0) is 15.8. The molecule has 1 aromatic rings. The van der Waals surface area contributed by atoms with E-state index in [1.807, 2.05) is 38.1 Å². The van der Waals surface area contributed by atoms with Crippen molar-refractivity contribution in [1.82, 2.24) is 5.32 Å². The Morgan fingerprint density at radius 2 is 1.90 bits per heavy atom. The van der Waals surface area contributed by atoms with Gasteiger partial charge in [-0.05, 0) is 24.1 Å². The van der Waals surface area contributed by atoms with Gasteiger partial charge in [-0.15, -0.1) is 0 Å². The maximum absolute atomic E-state index is 12.2. The molecule has 0 saturated heterocycles. The molecule has 1 rings (SSSR count). The summed E-state index contributed by atoms with van der Waals surface area (Å²) in [5, 5.41) is 2.95. The van der Waals surface area contributed by atoms with Gasteiger partial charge in [0.15, 0.2) is 0 Å². The van der Waals surface area contributed by atoms with Crippen molar-refractivity contribution in [2.45, 2.75) is 39.2 Å². The Bertz CT molecular complexity index is 473. The van der Waals surface area contributed by atoms with Crippen LogP contribution >= 0.6 is 15.9 Å². The molecule has 0 saturated carbocycles. The number of hydrogen-bond acceptors (Lipinski definition) is 3. The molecule has 5 heteroatoms. The molecular weight excluding hydrogens is 334 g/mol. The van der Waals surface area contributed by atoms with Crippen LogP contribution in [0.1, 0.15) is 44.7 Å². The van der Waals surface area contributed by atoms with Gasteiger partial charge in [-0.25, -0.2) is 0 Å². The van der Waals surface area contributed by atoms with E-state index in [0.29, 0.717) is 0 Å². The first-order valence-electron chi connectivity index (χ1n) is 7.10. The largest absolute Gasteiger partial charge is 0.469 e. The lowest BCUT2D eigenvalue weighted by molar-refractivity contribution is -0.141. The van der Waals surface area contributed by atoms with Crippen LogP contribution in [-0.2, 0) is 14.3 Å². The molecule has 0 aliphatic carbocycles. The molecule has 2 unspecified atom stereocenters. The van der Waals surface area contributed by atoms with E-state index in [-0.39, 0.29) is 30.3 Å². The number of nitrogens with one attached hydrogen (secondary N) is 1. The van der Waals surface area contributed by atoms with E-state index in [1.165, 1.54) is 7.11 Å². The molecule has 4 nitrogen and oxygen atoms in total. The molecule has 2 atom stereocenters. The van der Waals surface area contributed by atoms with Gasteiger partial charge in [0, 0.05) is 10.4 Å². The fraction of sp³-hybridized carbons (Fsp3) is 0.500. The fourth-order valence-corrected chi connectivity index (χ4v) is 2.34. The highest BCUT2D eigenvalue weighted by Crippen LogP contribution is 2.21. The fourth-order valence-electron chi connectivity index (χ4n) is 2.08. The normalized spacial score (nSPS) is 13.3. The molecule has 0 aromatic heterocycles. The Hall–Kier alpha value is -1.36. The highest BCUT2D eigenvalue weighted by atomic mass is 79.9. The van der Waals surface area contributed by atoms with E-state index in [1.54, 1.807) is 0 Å².